The maximum atomic E-state index is 7.00. The summed E-state index contributed by atoms with van der Waals surface area (Å²) in [6.07, 6.45) is 2.46. The summed E-state index contributed by atoms with van der Waals surface area (Å²) >= 11 is 0. The SMILES string of the molecule is C.CC(C)C1Cc2cccc3cccc1c23.CC(C)C1Cc2cccc3cccc1c23.CO.CO.CO.CO.CO.CO.c1ccc(-c2ccccc2)cc1.c1ccc(-c2ccccc2)cc1.c1ccc(-c2ccccc2)cc1. The molecule has 2 unspecified atom stereocenters. The zero-order valence-corrected chi connectivity index (χ0v) is 47.7. The van der Waals surface area contributed by atoms with Gasteiger partial charge in [0.05, 0.1) is 0 Å². The maximum absolute atomic E-state index is 7.00. The van der Waals surface area contributed by atoms with Crippen molar-refractivity contribution in [3.63, 3.8) is 0 Å². The number of aliphatic hydroxyl groups is 6. The minimum Gasteiger partial charge on any atom is -0.400 e. The Balaban J connectivity index is 0.000000471. The van der Waals surface area contributed by atoms with E-state index in [2.05, 4.69) is 246 Å². The Bertz CT molecular complexity index is 2620. The van der Waals surface area contributed by atoms with E-state index in [-0.39, 0.29) is 7.43 Å². The highest BCUT2D eigenvalue weighted by Gasteiger charge is 2.27. The van der Waals surface area contributed by atoms with Crippen molar-refractivity contribution < 1.29 is 30.6 Å². The van der Waals surface area contributed by atoms with Crippen molar-refractivity contribution >= 4 is 21.5 Å². The van der Waals surface area contributed by atoms with E-state index in [0.717, 1.165) is 66.3 Å². The lowest BCUT2D eigenvalue weighted by atomic mass is 9.89. The van der Waals surface area contributed by atoms with Crippen LogP contribution < -0.4 is 0 Å². The second kappa shape index (κ2) is 41.6. The number of aliphatic hydroxyl groups excluding tert-OH is 6. The van der Waals surface area contributed by atoms with Crippen molar-refractivity contribution in [2.75, 3.05) is 42.7 Å². The van der Waals surface area contributed by atoms with Crippen LogP contribution in [0.5, 0.6) is 0 Å². The van der Waals surface area contributed by atoms with Crippen molar-refractivity contribution in [2.45, 2.75) is 59.8 Å². The normalized spacial score (nSPS) is 12.1. The van der Waals surface area contributed by atoms with Gasteiger partial charge in [0.1, 0.15) is 0 Å². The zero-order valence-electron chi connectivity index (χ0n) is 47.7. The van der Waals surface area contributed by atoms with E-state index in [1.54, 1.807) is 22.3 Å². The Hall–Kier alpha value is -7.52. The van der Waals surface area contributed by atoms with E-state index in [1.165, 1.54) is 67.8 Å². The van der Waals surface area contributed by atoms with Crippen molar-refractivity contribution in [2.24, 2.45) is 11.8 Å². The first-order valence-electron chi connectivity index (χ1n) is 26.5. The molecule has 2 aliphatic rings. The van der Waals surface area contributed by atoms with Gasteiger partial charge in [0.2, 0.25) is 0 Å². The lowest BCUT2D eigenvalue weighted by Crippen LogP contribution is -2.04. The molecule has 0 saturated heterocycles. The number of rotatable bonds is 5. The minimum absolute atomic E-state index is 0. The highest BCUT2D eigenvalue weighted by molar-refractivity contribution is 5.92. The van der Waals surface area contributed by atoms with Crippen LogP contribution in [-0.4, -0.2) is 73.3 Å². The third-order valence-electron chi connectivity index (χ3n) is 13.0. The van der Waals surface area contributed by atoms with Crippen LogP contribution in [0.3, 0.4) is 0 Å². The molecule has 79 heavy (non-hydrogen) atoms. The first kappa shape index (κ1) is 69.5. The molecular formula is C73H90O6. The zero-order chi connectivity index (χ0) is 57.5. The topological polar surface area (TPSA) is 121 Å². The summed E-state index contributed by atoms with van der Waals surface area (Å²) in [7, 11) is 6.00. The van der Waals surface area contributed by atoms with E-state index >= 15 is 0 Å². The fourth-order valence-electron chi connectivity index (χ4n) is 9.52. The Labute approximate surface area is 474 Å². The van der Waals surface area contributed by atoms with Gasteiger partial charge in [0.15, 0.2) is 0 Å². The van der Waals surface area contributed by atoms with Crippen molar-refractivity contribution in [1.82, 2.24) is 0 Å². The number of hydrogen-bond donors (Lipinski definition) is 6. The molecule has 418 valence electrons. The Morgan fingerprint density at radius 2 is 0.443 bits per heavy atom. The predicted octanol–water partition coefficient (Wildman–Crippen LogP) is 16.6. The molecule has 0 heterocycles. The third kappa shape index (κ3) is 21.3. The summed E-state index contributed by atoms with van der Waals surface area (Å²) in [6.45, 7) is 9.32. The highest BCUT2D eigenvalue weighted by atomic mass is 16.2. The summed E-state index contributed by atoms with van der Waals surface area (Å²) in [5, 5.41) is 47.9. The molecule has 0 bridgehead atoms. The molecule has 12 rings (SSSR count). The van der Waals surface area contributed by atoms with Crippen molar-refractivity contribution in [3.05, 3.63) is 277 Å². The van der Waals surface area contributed by atoms with Gasteiger partial charge in [-0.1, -0.05) is 290 Å². The largest absolute Gasteiger partial charge is 0.400 e. The molecule has 0 saturated carbocycles. The molecule has 2 aliphatic carbocycles. The summed E-state index contributed by atoms with van der Waals surface area (Å²) in [5.41, 5.74) is 13.9. The Morgan fingerprint density at radius 3 is 0.633 bits per heavy atom. The van der Waals surface area contributed by atoms with Gasteiger partial charge in [-0.2, -0.15) is 0 Å². The van der Waals surface area contributed by atoms with Crippen LogP contribution in [0.4, 0.5) is 0 Å². The van der Waals surface area contributed by atoms with Crippen molar-refractivity contribution in [1.29, 1.82) is 0 Å². The molecule has 0 spiro atoms. The lowest BCUT2D eigenvalue weighted by molar-refractivity contribution is 0.399. The van der Waals surface area contributed by atoms with Crippen LogP contribution in [0.1, 0.15) is 69.2 Å². The second-order valence-electron chi connectivity index (χ2n) is 18.0. The van der Waals surface area contributed by atoms with E-state index in [1.807, 2.05) is 36.4 Å². The molecule has 2 atom stereocenters. The molecular weight excluding hydrogens is 973 g/mol. The third-order valence-corrected chi connectivity index (χ3v) is 13.0. The number of benzene rings is 10. The molecule has 6 heteroatoms. The van der Waals surface area contributed by atoms with Gasteiger partial charge in [-0.05, 0) is 114 Å². The molecule has 6 N–H and O–H groups in total. The summed E-state index contributed by atoms with van der Waals surface area (Å²) in [5.74, 6) is 2.93. The van der Waals surface area contributed by atoms with E-state index in [0.29, 0.717) is 0 Å². The standard InChI is InChI=1S/2C15H16.3C12H10.6CH4O.CH4/c2*1-10(2)14-9-12-7-3-5-11-6-4-8-13(14)15(11)12;3*1-3-7-11(8-4-1)12-9-5-2-6-10-12;6*1-2;/h2*3-8,10,14H,9H2,1-2H3;3*1-10H;6*2H,1H3;1H4. The van der Waals surface area contributed by atoms with E-state index in [9.17, 15) is 0 Å². The predicted molar refractivity (Wildman–Crippen MR) is 342 cm³/mol. The fourth-order valence-corrected chi connectivity index (χ4v) is 9.52. The first-order valence-corrected chi connectivity index (χ1v) is 26.5. The minimum atomic E-state index is 0. The molecule has 0 aromatic heterocycles. The van der Waals surface area contributed by atoms with E-state index < -0.39 is 0 Å². The molecule has 10 aromatic rings. The van der Waals surface area contributed by atoms with Crippen LogP contribution >= 0.6 is 0 Å². The highest BCUT2D eigenvalue weighted by Crippen LogP contribution is 2.43. The van der Waals surface area contributed by atoms with Crippen molar-refractivity contribution in [3.8, 4) is 33.4 Å². The second-order valence-corrected chi connectivity index (χ2v) is 18.0. The summed E-state index contributed by atoms with van der Waals surface area (Å²) < 4.78 is 0. The smallest absolute Gasteiger partial charge is 0.0319 e. The van der Waals surface area contributed by atoms with Crippen LogP contribution in [0.25, 0.3) is 54.9 Å². The molecule has 0 fully saturated rings. The first-order chi connectivity index (χ1) is 38.4. The van der Waals surface area contributed by atoms with Crippen LogP contribution in [-0.2, 0) is 12.8 Å². The van der Waals surface area contributed by atoms with Gasteiger partial charge in [-0.3, -0.25) is 0 Å². The Kier molecular flexibility index (Phi) is 36.6. The quantitative estimate of drug-likeness (QED) is 0.102. The fraction of sp³-hybridized carbons (Fsp3) is 0.233. The molecule has 6 nitrogen and oxygen atoms in total. The van der Waals surface area contributed by atoms with Gasteiger partial charge in [-0.25, -0.2) is 0 Å². The van der Waals surface area contributed by atoms with Gasteiger partial charge in [-0.15, -0.1) is 0 Å². The monoisotopic (exact) mass is 1060 g/mol. The maximum Gasteiger partial charge on any atom is 0.0319 e. The molecule has 10 aromatic carbocycles. The van der Waals surface area contributed by atoms with Gasteiger partial charge >= 0.3 is 0 Å². The lowest BCUT2D eigenvalue weighted by Gasteiger charge is -2.15. The van der Waals surface area contributed by atoms with Gasteiger partial charge < -0.3 is 30.6 Å². The molecule has 0 amide bonds. The van der Waals surface area contributed by atoms with Crippen LogP contribution in [0.15, 0.2) is 255 Å². The molecule has 0 radical (unpaired) electrons. The average molecular weight is 1060 g/mol. The average Bonchev–Trinajstić information content (AvgIpc) is 4.24. The van der Waals surface area contributed by atoms with Gasteiger partial charge in [0, 0.05) is 42.7 Å². The van der Waals surface area contributed by atoms with Crippen LogP contribution in [0, 0.1) is 11.8 Å². The summed E-state index contributed by atoms with van der Waals surface area (Å²) in [6, 6.07) is 89.2. The van der Waals surface area contributed by atoms with Gasteiger partial charge in [0.25, 0.3) is 0 Å². The molecule has 0 aliphatic heterocycles. The Morgan fingerprint density at radius 1 is 0.253 bits per heavy atom. The number of hydrogen-bond acceptors (Lipinski definition) is 6. The van der Waals surface area contributed by atoms with Crippen LogP contribution in [0.2, 0.25) is 0 Å². The van der Waals surface area contributed by atoms with E-state index in [4.69, 9.17) is 30.6 Å². The summed E-state index contributed by atoms with van der Waals surface area (Å²) in [4.78, 5) is 0.